The molecule has 1 saturated heterocycles. The van der Waals surface area contributed by atoms with E-state index in [4.69, 9.17) is 4.74 Å². The summed E-state index contributed by atoms with van der Waals surface area (Å²) in [5, 5.41) is 8.06. The lowest BCUT2D eigenvalue weighted by atomic mass is 9.97. The summed E-state index contributed by atoms with van der Waals surface area (Å²) in [6, 6.07) is 25.1. The number of ether oxygens (including phenoxy) is 1. The van der Waals surface area contributed by atoms with Gasteiger partial charge in [-0.3, -0.25) is 9.78 Å². The number of carbonyl (C=O) groups excluding carboxylic acids is 1. The van der Waals surface area contributed by atoms with E-state index in [-0.39, 0.29) is 11.6 Å². The zero-order chi connectivity index (χ0) is 27.0. The minimum Gasteiger partial charge on any atom is -0.494 e. The number of aryl methyl sites for hydroxylation is 1. The lowest BCUT2D eigenvalue weighted by Crippen LogP contribution is -2.53. The standard InChI is InChI=1S/C32H36N4O2Si/c1-21-10-11-24(38-31(39)29-12-16-36(29)2)19-26(21)30(37)35-32(13-14-32)27-17-23(18-28-25(27)9-6-15-33-28)34-20-22-7-4-3-5-8-22/h3-11,15,17-19,29,31,34H,12-14,16,20H2,1-2,39H3,(H,35,37)/t29-,31?/m0/s1. The number of fused-ring (bicyclic) bond motifs is 1. The molecule has 1 aromatic heterocycles. The highest BCUT2D eigenvalue weighted by atomic mass is 28.1. The molecular formula is C32H36N4O2Si. The molecule has 1 unspecified atom stereocenters. The molecule has 0 radical (unpaired) electrons. The van der Waals surface area contributed by atoms with Gasteiger partial charge < -0.3 is 20.3 Å². The van der Waals surface area contributed by atoms with E-state index in [1.54, 1.807) is 0 Å². The van der Waals surface area contributed by atoms with E-state index in [0.717, 1.165) is 69.6 Å². The Labute approximate surface area is 233 Å². The number of likely N-dealkylation sites (tertiary alicyclic amines) is 1. The van der Waals surface area contributed by atoms with Crippen LogP contribution in [0, 0.1) is 6.92 Å². The van der Waals surface area contributed by atoms with Crippen LogP contribution in [0.1, 0.15) is 46.3 Å². The maximum atomic E-state index is 13.7. The van der Waals surface area contributed by atoms with Crippen molar-refractivity contribution in [3.63, 3.8) is 0 Å². The number of hydrogen-bond acceptors (Lipinski definition) is 5. The van der Waals surface area contributed by atoms with E-state index in [0.29, 0.717) is 11.6 Å². The predicted molar refractivity (Wildman–Crippen MR) is 160 cm³/mol. The van der Waals surface area contributed by atoms with Crippen molar-refractivity contribution in [3.8, 4) is 5.75 Å². The normalized spacial score (nSPS) is 18.8. The Balaban J connectivity index is 1.25. The minimum absolute atomic E-state index is 0.0548. The molecule has 1 aliphatic carbocycles. The van der Waals surface area contributed by atoms with Crippen molar-refractivity contribution in [2.75, 3.05) is 18.9 Å². The molecule has 2 aliphatic rings. The Kier molecular flexibility index (Phi) is 6.87. The number of nitrogens with one attached hydrogen (secondary N) is 2. The summed E-state index contributed by atoms with van der Waals surface area (Å²) in [6.45, 7) is 3.84. The van der Waals surface area contributed by atoms with E-state index in [1.165, 1.54) is 12.0 Å². The first-order valence-corrected chi connectivity index (χ1v) is 15.0. The smallest absolute Gasteiger partial charge is 0.252 e. The Bertz CT molecular complexity index is 1510. The Morgan fingerprint density at radius 1 is 1.13 bits per heavy atom. The van der Waals surface area contributed by atoms with E-state index in [2.05, 4.69) is 70.0 Å². The number of aromatic nitrogens is 1. The molecule has 0 spiro atoms. The van der Waals surface area contributed by atoms with Crippen LogP contribution in [0.5, 0.6) is 5.75 Å². The number of rotatable bonds is 9. The first-order valence-electron chi connectivity index (χ1n) is 13.9. The van der Waals surface area contributed by atoms with Gasteiger partial charge in [-0.1, -0.05) is 42.5 Å². The second-order valence-corrected chi connectivity index (χ2v) is 12.2. The number of likely N-dealkylation sites (N-methyl/N-ethyl adjacent to an activating group) is 1. The fourth-order valence-electron chi connectivity index (χ4n) is 5.69. The molecular weight excluding hydrogens is 500 g/mol. The van der Waals surface area contributed by atoms with E-state index in [1.807, 2.05) is 43.5 Å². The van der Waals surface area contributed by atoms with Crippen molar-refractivity contribution in [2.24, 2.45) is 0 Å². The molecule has 0 bridgehead atoms. The summed E-state index contributed by atoms with van der Waals surface area (Å²) < 4.78 is 6.33. The molecule has 3 aromatic carbocycles. The van der Waals surface area contributed by atoms with Gasteiger partial charge in [-0.25, -0.2) is 0 Å². The predicted octanol–water partition coefficient (Wildman–Crippen LogP) is 4.35. The van der Waals surface area contributed by atoms with E-state index >= 15 is 0 Å². The van der Waals surface area contributed by atoms with Crippen LogP contribution in [0.2, 0.25) is 0 Å². The molecule has 6 nitrogen and oxygen atoms in total. The van der Waals surface area contributed by atoms with Crippen molar-refractivity contribution in [3.05, 3.63) is 101 Å². The summed E-state index contributed by atoms with van der Waals surface area (Å²) in [5.41, 5.74) is 5.70. The number of benzene rings is 3. The van der Waals surface area contributed by atoms with Crippen LogP contribution in [0.15, 0.2) is 79.0 Å². The highest BCUT2D eigenvalue weighted by Gasteiger charge is 2.47. The number of nitrogens with zero attached hydrogens (tertiary/aromatic N) is 2. The first-order chi connectivity index (χ1) is 18.9. The Morgan fingerprint density at radius 2 is 1.95 bits per heavy atom. The fourth-order valence-corrected chi connectivity index (χ4v) is 6.81. The van der Waals surface area contributed by atoms with Gasteiger partial charge in [-0.15, -0.1) is 0 Å². The number of carbonyl (C=O) groups is 1. The van der Waals surface area contributed by atoms with Gasteiger partial charge in [0.2, 0.25) is 0 Å². The lowest BCUT2D eigenvalue weighted by Gasteiger charge is -2.41. The first kappa shape index (κ1) is 25.6. The van der Waals surface area contributed by atoms with Gasteiger partial charge in [0.1, 0.15) is 5.75 Å². The summed E-state index contributed by atoms with van der Waals surface area (Å²) in [6.07, 6.45) is 4.80. The van der Waals surface area contributed by atoms with Crippen molar-refractivity contribution in [1.29, 1.82) is 0 Å². The van der Waals surface area contributed by atoms with Crippen LogP contribution in [-0.2, 0) is 12.1 Å². The number of amides is 1. The average Bonchev–Trinajstić information content (AvgIpc) is 3.72. The van der Waals surface area contributed by atoms with Gasteiger partial charge in [0.05, 0.1) is 27.0 Å². The lowest BCUT2D eigenvalue weighted by molar-refractivity contribution is 0.0562. The number of pyridine rings is 1. The molecule has 1 amide bonds. The third-order valence-electron chi connectivity index (χ3n) is 8.34. The van der Waals surface area contributed by atoms with Gasteiger partial charge in [0.25, 0.3) is 5.91 Å². The molecule has 2 heterocycles. The summed E-state index contributed by atoms with van der Waals surface area (Å²) in [4.78, 5) is 20.7. The van der Waals surface area contributed by atoms with Crippen LogP contribution >= 0.6 is 0 Å². The maximum Gasteiger partial charge on any atom is 0.252 e. The van der Waals surface area contributed by atoms with Crippen LogP contribution in [0.25, 0.3) is 10.9 Å². The molecule has 2 atom stereocenters. The van der Waals surface area contributed by atoms with E-state index in [9.17, 15) is 4.79 Å². The van der Waals surface area contributed by atoms with Crippen molar-refractivity contribution in [2.45, 2.75) is 50.0 Å². The summed E-state index contributed by atoms with van der Waals surface area (Å²) >= 11 is 0. The van der Waals surface area contributed by atoms with Gasteiger partial charge >= 0.3 is 0 Å². The largest absolute Gasteiger partial charge is 0.494 e. The van der Waals surface area contributed by atoms with Crippen LogP contribution in [-0.4, -0.2) is 51.4 Å². The fraction of sp³-hybridized carbons (Fsp3) is 0.312. The third kappa shape index (κ3) is 5.29. The zero-order valence-electron chi connectivity index (χ0n) is 22.9. The molecule has 39 heavy (non-hydrogen) atoms. The SMILES string of the molecule is Cc1ccc(OC([SiH3])[C@@H]2CCN2C)cc1C(=O)NC1(c2cc(NCc3ccccc3)cc3ncccc23)CC1. The van der Waals surface area contributed by atoms with Crippen molar-refractivity contribution >= 4 is 32.7 Å². The molecule has 1 saturated carbocycles. The highest BCUT2D eigenvalue weighted by molar-refractivity contribution is 6.11. The van der Waals surface area contributed by atoms with Gasteiger partial charge in [0, 0.05) is 35.4 Å². The Morgan fingerprint density at radius 3 is 2.67 bits per heavy atom. The summed E-state index contributed by atoms with van der Waals surface area (Å²) in [7, 11) is 3.09. The second-order valence-electron chi connectivity index (χ2n) is 11.1. The molecule has 4 aromatic rings. The monoisotopic (exact) mass is 536 g/mol. The number of anilines is 1. The van der Waals surface area contributed by atoms with Crippen molar-refractivity contribution in [1.82, 2.24) is 15.2 Å². The van der Waals surface area contributed by atoms with Crippen LogP contribution < -0.4 is 15.4 Å². The average molecular weight is 537 g/mol. The molecule has 2 N–H and O–H groups in total. The van der Waals surface area contributed by atoms with Crippen LogP contribution in [0.3, 0.4) is 0 Å². The molecule has 200 valence electrons. The maximum absolute atomic E-state index is 13.7. The van der Waals surface area contributed by atoms with Gasteiger partial charge in [-0.2, -0.15) is 0 Å². The van der Waals surface area contributed by atoms with Crippen LogP contribution in [0.4, 0.5) is 5.69 Å². The second kappa shape index (κ2) is 10.5. The highest BCUT2D eigenvalue weighted by Crippen LogP contribution is 2.49. The molecule has 7 heteroatoms. The Hall–Kier alpha value is -3.68. The van der Waals surface area contributed by atoms with Gasteiger partial charge in [-0.05, 0) is 86.8 Å². The minimum atomic E-state index is -0.402. The summed E-state index contributed by atoms with van der Waals surface area (Å²) in [5.74, 6) is 0.721. The topological polar surface area (TPSA) is 66.5 Å². The number of hydrogen-bond donors (Lipinski definition) is 2. The quantitative estimate of drug-likeness (QED) is 0.312. The third-order valence-corrected chi connectivity index (χ3v) is 9.35. The molecule has 6 rings (SSSR count). The molecule has 1 aliphatic heterocycles. The van der Waals surface area contributed by atoms with E-state index < -0.39 is 5.54 Å². The van der Waals surface area contributed by atoms with Crippen molar-refractivity contribution < 1.29 is 9.53 Å². The van der Waals surface area contributed by atoms with Gasteiger partial charge in [0.15, 0.2) is 0 Å². The zero-order valence-corrected chi connectivity index (χ0v) is 24.9. The molecule has 2 fully saturated rings.